The molecule has 1 aromatic carbocycles. The lowest BCUT2D eigenvalue weighted by Crippen LogP contribution is -2.42. The number of amides is 1. The van der Waals surface area contributed by atoms with Gasteiger partial charge >= 0.3 is 0 Å². The second-order valence-corrected chi connectivity index (χ2v) is 6.65. The summed E-state index contributed by atoms with van der Waals surface area (Å²) in [5, 5.41) is 13.1. The van der Waals surface area contributed by atoms with E-state index in [-0.39, 0.29) is 17.6 Å². The maximum atomic E-state index is 13.2. The van der Waals surface area contributed by atoms with E-state index in [0.717, 1.165) is 32.1 Å². The maximum Gasteiger partial charge on any atom is 0.261 e. The molecule has 24 heavy (non-hydrogen) atoms. The summed E-state index contributed by atoms with van der Waals surface area (Å²) >= 11 is 0. The maximum absolute atomic E-state index is 13.2. The number of aromatic nitrogens is 1. The molecule has 0 radical (unpaired) electrons. The van der Waals surface area contributed by atoms with Crippen LogP contribution in [0.2, 0.25) is 0 Å². The van der Waals surface area contributed by atoms with Crippen molar-refractivity contribution < 1.29 is 14.3 Å². The number of benzene rings is 1. The number of rotatable bonds is 4. The highest BCUT2D eigenvalue weighted by atomic mass is 19.1. The predicted molar refractivity (Wildman–Crippen MR) is 89.5 cm³/mol. The summed E-state index contributed by atoms with van der Waals surface area (Å²) in [6.45, 7) is 0.379. The van der Waals surface area contributed by atoms with Crippen LogP contribution in [0.4, 0.5) is 4.39 Å². The summed E-state index contributed by atoms with van der Waals surface area (Å²) in [7, 11) is 0. The van der Waals surface area contributed by atoms with Gasteiger partial charge in [0.1, 0.15) is 11.4 Å². The van der Waals surface area contributed by atoms with Gasteiger partial charge in [0.05, 0.1) is 12.1 Å². The van der Waals surface area contributed by atoms with Crippen LogP contribution in [0, 0.1) is 11.2 Å². The number of hydrogen-bond donors (Lipinski definition) is 3. The average Bonchev–Trinajstić information content (AvgIpc) is 2.60. The lowest BCUT2D eigenvalue weighted by atomic mass is 9.74. The van der Waals surface area contributed by atoms with E-state index in [0.29, 0.717) is 17.4 Å². The number of aliphatic hydroxyl groups excluding tert-OH is 1. The molecule has 1 aliphatic rings. The zero-order chi connectivity index (χ0) is 17.2. The van der Waals surface area contributed by atoms with Gasteiger partial charge in [0, 0.05) is 12.0 Å². The van der Waals surface area contributed by atoms with E-state index in [4.69, 9.17) is 0 Å². The lowest BCUT2D eigenvalue weighted by Gasteiger charge is -2.35. The van der Waals surface area contributed by atoms with Crippen LogP contribution < -0.4 is 10.9 Å². The summed E-state index contributed by atoms with van der Waals surface area (Å²) in [6.07, 6.45) is 4.97. The van der Waals surface area contributed by atoms with Gasteiger partial charge in [-0.2, -0.15) is 0 Å². The number of nitrogens with one attached hydrogen (secondary N) is 2. The van der Waals surface area contributed by atoms with Crippen LogP contribution in [0.1, 0.15) is 42.5 Å². The number of hydrogen-bond acceptors (Lipinski definition) is 3. The van der Waals surface area contributed by atoms with E-state index in [1.54, 1.807) is 0 Å². The molecule has 1 aromatic heterocycles. The summed E-state index contributed by atoms with van der Waals surface area (Å²) in [5.74, 6) is -0.918. The molecule has 0 bridgehead atoms. The molecule has 0 spiro atoms. The smallest absolute Gasteiger partial charge is 0.261 e. The lowest BCUT2D eigenvalue weighted by molar-refractivity contribution is 0.0717. The molecule has 1 amide bonds. The molecule has 128 valence electrons. The largest absolute Gasteiger partial charge is 0.396 e. The minimum absolute atomic E-state index is 0.00185. The van der Waals surface area contributed by atoms with Crippen LogP contribution in [-0.4, -0.2) is 29.1 Å². The molecule has 3 rings (SSSR count). The van der Waals surface area contributed by atoms with E-state index in [1.165, 1.54) is 24.3 Å². The Bertz CT molecular complexity index is 810. The molecule has 0 atom stereocenters. The third-order valence-corrected chi connectivity index (χ3v) is 4.93. The van der Waals surface area contributed by atoms with E-state index in [1.807, 2.05) is 0 Å². The first-order valence-electron chi connectivity index (χ1n) is 8.25. The Hall–Kier alpha value is -2.21. The first kappa shape index (κ1) is 16.6. The first-order chi connectivity index (χ1) is 11.5. The number of aliphatic hydroxyl groups is 1. The van der Waals surface area contributed by atoms with E-state index in [9.17, 15) is 19.1 Å². The third kappa shape index (κ3) is 3.33. The van der Waals surface area contributed by atoms with Crippen molar-refractivity contribution >= 4 is 16.8 Å². The van der Waals surface area contributed by atoms with Crippen LogP contribution in [0.3, 0.4) is 0 Å². The summed E-state index contributed by atoms with van der Waals surface area (Å²) in [5.41, 5.74) is -0.485. The molecule has 1 saturated carbocycles. The third-order valence-electron chi connectivity index (χ3n) is 4.93. The number of carbonyl (C=O) groups is 1. The molecule has 2 aromatic rings. The summed E-state index contributed by atoms with van der Waals surface area (Å²) in [6, 6.07) is 5.50. The topological polar surface area (TPSA) is 82.2 Å². The van der Waals surface area contributed by atoms with Crippen molar-refractivity contribution in [1.29, 1.82) is 0 Å². The second kappa shape index (κ2) is 6.73. The molecule has 0 aliphatic heterocycles. The molecular formula is C18H21FN2O3. The normalized spacial score (nSPS) is 16.9. The molecule has 1 aliphatic carbocycles. The molecular weight excluding hydrogens is 311 g/mol. The fraction of sp³-hybridized carbons (Fsp3) is 0.444. The average molecular weight is 332 g/mol. The van der Waals surface area contributed by atoms with E-state index < -0.39 is 17.3 Å². The van der Waals surface area contributed by atoms with Gasteiger partial charge in [-0.05, 0) is 42.5 Å². The van der Waals surface area contributed by atoms with Crippen LogP contribution in [0.5, 0.6) is 0 Å². The SMILES string of the molecule is O=C(NCC1(CO)CCCCC1)c1cc2ccc(F)cc2[nH]c1=O. The van der Waals surface area contributed by atoms with Gasteiger partial charge in [-0.3, -0.25) is 9.59 Å². The van der Waals surface area contributed by atoms with Gasteiger partial charge in [0.15, 0.2) is 0 Å². The quantitative estimate of drug-likeness (QED) is 0.804. The Morgan fingerprint density at radius 1 is 1.25 bits per heavy atom. The number of fused-ring (bicyclic) bond motifs is 1. The zero-order valence-electron chi connectivity index (χ0n) is 13.4. The number of pyridine rings is 1. The standard InChI is InChI=1S/C18H21FN2O3/c19-13-5-4-12-8-14(17(24)21-15(12)9-13)16(23)20-10-18(11-22)6-2-1-3-7-18/h4-5,8-9,22H,1-3,6-7,10-11H2,(H,20,23)(H,21,24). The van der Waals surface area contributed by atoms with Gasteiger partial charge in [0.25, 0.3) is 11.5 Å². The Morgan fingerprint density at radius 3 is 2.71 bits per heavy atom. The highest BCUT2D eigenvalue weighted by molar-refractivity contribution is 5.97. The number of H-pyrrole nitrogens is 1. The van der Waals surface area contributed by atoms with Crippen molar-refractivity contribution in [2.45, 2.75) is 32.1 Å². The monoisotopic (exact) mass is 332 g/mol. The number of aromatic amines is 1. The van der Waals surface area contributed by atoms with Crippen molar-refractivity contribution in [2.24, 2.45) is 5.41 Å². The predicted octanol–water partition coefficient (Wildman–Crippen LogP) is 2.34. The van der Waals surface area contributed by atoms with Crippen LogP contribution in [-0.2, 0) is 0 Å². The van der Waals surface area contributed by atoms with Crippen molar-refractivity contribution in [3.05, 3.63) is 46.0 Å². The zero-order valence-corrected chi connectivity index (χ0v) is 13.4. The molecule has 6 heteroatoms. The van der Waals surface area contributed by atoms with E-state index >= 15 is 0 Å². The molecule has 1 heterocycles. The minimum atomic E-state index is -0.549. The van der Waals surface area contributed by atoms with Crippen molar-refractivity contribution in [1.82, 2.24) is 10.3 Å². The summed E-state index contributed by atoms with van der Waals surface area (Å²) in [4.78, 5) is 27.0. The molecule has 3 N–H and O–H groups in total. The van der Waals surface area contributed by atoms with Gasteiger partial charge in [-0.1, -0.05) is 19.3 Å². The van der Waals surface area contributed by atoms with Crippen LogP contribution >= 0.6 is 0 Å². The Morgan fingerprint density at radius 2 is 2.00 bits per heavy atom. The van der Waals surface area contributed by atoms with Crippen molar-refractivity contribution in [3.63, 3.8) is 0 Å². The van der Waals surface area contributed by atoms with Crippen molar-refractivity contribution in [2.75, 3.05) is 13.2 Å². The Labute approximate surface area is 138 Å². The van der Waals surface area contributed by atoms with Gasteiger partial charge in [0.2, 0.25) is 0 Å². The Kier molecular flexibility index (Phi) is 4.66. The fourth-order valence-corrected chi connectivity index (χ4v) is 3.40. The molecule has 0 unspecified atom stereocenters. The van der Waals surface area contributed by atoms with Gasteiger partial charge in [-0.25, -0.2) is 4.39 Å². The van der Waals surface area contributed by atoms with Gasteiger partial charge < -0.3 is 15.4 Å². The fourth-order valence-electron chi connectivity index (χ4n) is 3.40. The molecule has 1 fully saturated rings. The molecule has 0 saturated heterocycles. The minimum Gasteiger partial charge on any atom is -0.396 e. The number of halogens is 1. The highest BCUT2D eigenvalue weighted by Crippen LogP contribution is 2.35. The first-order valence-corrected chi connectivity index (χ1v) is 8.25. The number of carbonyl (C=O) groups excluding carboxylic acids is 1. The Balaban J connectivity index is 1.79. The second-order valence-electron chi connectivity index (χ2n) is 6.65. The van der Waals surface area contributed by atoms with Crippen LogP contribution in [0.15, 0.2) is 29.1 Å². The molecule has 5 nitrogen and oxygen atoms in total. The van der Waals surface area contributed by atoms with E-state index in [2.05, 4.69) is 10.3 Å². The summed E-state index contributed by atoms with van der Waals surface area (Å²) < 4.78 is 13.2. The highest BCUT2D eigenvalue weighted by Gasteiger charge is 2.32. The van der Waals surface area contributed by atoms with Crippen LogP contribution in [0.25, 0.3) is 10.9 Å². The van der Waals surface area contributed by atoms with Crippen molar-refractivity contribution in [3.8, 4) is 0 Å². The van der Waals surface area contributed by atoms with Gasteiger partial charge in [-0.15, -0.1) is 0 Å².